The van der Waals surface area contributed by atoms with E-state index >= 15 is 0 Å². The number of halogens is 1. The molecule has 1 aromatic rings. The first kappa shape index (κ1) is 15.3. The van der Waals surface area contributed by atoms with Gasteiger partial charge < -0.3 is 15.4 Å². The first-order valence-corrected chi connectivity index (χ1v) is 7.85. The first-order chi connectivity index (χ1) is 9.60. The van der Waals surface area contributed by atoms with E-state index in [0.29, 0.717) is 12.6 Å². The molecule has 0 aliphatic heterocycles. The molecule has 1 aromatic carbocycles. The summed E-state index contributed by atoms with van der Waals surface area (Å²) in [6, 6.07) is 6.52. The summed E-state index contributed by atoms with van der Waals surface area (Å²) in [5.74, 6) is 0.677. The molecule has 110 valence electrons. The number of hydrogen-bond donors (Lipinski definition) is 2. The molecule has 4 nitrogen and oxygen atoms in total. The standard InChI is InChI=1S/C15H21BrN2O2/c1-3-17-15(19)10(2)20-14-7-4-12(16)8-11(14)9-18-13-5-6-13/h4,7-8,10,13,18H,3,5-6,9H2,1-2H3,(H,17,19). The van der Waals surface area contributed by atoms with Crippen molar-refractivity contribution in [1.82, 2.24) is 10.6 Å². The number of carbonyl (C=O) groups excluding carboxylic acids is 1. The van der Waals surface area contributed by atoms with E-state index < -0.39 is 6.10 Å². The van der Waals surface area contributed by atoms with Crippen LogP contribution in [0.25, 0.3) is 0 Å². The van der Waals surface area contributed by atoms with Gasteiger partial charge in [-0.3, -0.25) is 4.79 Å². The van der Waals surface area contributed by atoms with Crippen LogP contribution in [0.15, 0.2) is 22.7 Å². The van der Waals surface area contributed by atoms with Crippen molar-refractivity contribution in [2.24, 2.45) is 0 Å². The minimum absolute atomic E-state index is 0.0866. The van der Waals surface area contributed by atoms with Gasteiger partial charge in [0.2, 0.25) is 0 Å². The van der Waals surface area contributed by atoms with Crippen molar-refractivity contribution in [3.05, 3.63) is 28.2 Å². The smallest absolute Gasteiger partial charge is 0.260 e. The summed E-state index contributed by atoms with van der Waals surface area (Å²) >= 11 is 3.48. The van der Waals surface area contributed by atoms with Crippen LogP contribution in [0.1, 0.15) is 32.3 Å². The molecule has 1 aliphatic carbocycles. The van der Waals surface area contributed by atoms with E-state index in [1.165, 1.54) is 12.8 Å². The lowest BCUT2D eigenvalue weighted by atomic mass is 10.2. The van der Waals surface area contributed by atoms with Gasteiger partial charge in [-0.25, -0.2) is 0 Å². The van der Waals surface area contributed by atoms with Gasteiger partial charge in [-0.05, 0) is 44.9 Å². The Morgan fingerprint density at radius 3 is 2.90 bits per heavy atom. The minimum Gasteiger partial charge on any atom is -0.481 e. The van der Waals surface area contributed by atoms with E-state index in [2.05, 4.69) is 26.6 Å². The summed E-state index contributed by atoms with van der Waals surface area (Å²) in [5, 5.41) is 6.23. The topological polar surface area (TPSA) is 50.4 Å². The molecule has 1 aliphatic rings. The fourth-order valence-electron chi connectivity index (χ4n) is 1.90. The zero-order chi connectivity index (χ0) is 14.5. The molecule has 2 rings (SSSR count). The summed E-state index contributed by atoms with van der Waals surface area (Å²) in [6.45, 7) is 5.05. The SMILES string of the molecule is CCNC(=O)C(C)Oc1ccc(Br)cc1CNC1CC1. The third-order valence-electron chi connectivity index (χ3n) is 3.21. The quantitative estimate of drug-likeness (QED) is 0.802. The highest BCUT2D eigenvalue weighted by atomic mass is 79.9. The van der Waals surface area contributed by atoms with E-state index in [0.717, 1.165) is 22.3 Å². The van der Waals surface area contributed by atoms with Crippen LogP contribution in [-0.2, 0) is 11.3 Å². The summed E-state index contributed by atoms with van der Waals surface area (Å²) < 4.78 is 6.81. The Labute approximate surface area is 128 Å². The van der Waals surface area contributed by atoms with Gasteiger partial charge in [0.25, 0.3) is 5.91 Å². The molecule has 0 spiro atoms. The average molecular weight is 341 g/mol. The Kier molecular flexibility index (Phi) is 5.43. The molecule has 20 heavy (non-hydrogen) atoms. The monoisotopic (exact) mass is 340 g/mol. The number of rotatable bonds is 7. The van der Waals surface area contributed by atoms with Crippen LogP contribution in [0.5, 0.6) is 5.75 Å². The van der Waals surface area contributed by atoms with Gasteiger partial charge in [0, 0.05) is 29.2 Å². The fourth-order valence-corrected chi connectivity index (χ4v) is 2.31. The Morgan fingerprint density at radius 2 is 2.25 bits per heavy atom. The maximum atomic E-state index is 11.7. The van der Waals surface area contributed by atoms with Gasteiger partial charge in [0.05, 0.1) is 0 Å². The van der Waals surface area contributed by atoms with Crippen LogP contribution in [-0.4, -0.2) is 24.6 Å². The molecule has 2 N–H and O–H groups in total. The molecule has 1 fully saturated rings. The third-order valence-corrected chi connectivity index (χ3v) is 3.70. The van der Waals surface area contributed by atoms with Crippen LogP contribution in [0.4, 0.5) is 0 Å². The second-order valence-electron chi connectivity index (χ2n) is 5.06. The van der Waals surface area contributed by atoms with Crippen molar-refractivity contribution < 1.29 is 9.53 Å². The maximum Gasteiger partial charge on any atom is 0.260 e. The summed E-state index contributed by atoms with van der Waals surface area (Å²) in [7, 11) is 0. The number of hydrogen-bond acceptors (Lipinski definition) is 3. The second-order valence-corrected chi connectivity index (χ2v) is 5.98. The van der Waals surface area contributed by atoms with E-state index in [9.17, 15) is 4.79 Å². The molecule has 0 bridgehead atoms. The number of ether oxygens (including phenoxy) is 1. The molecular weight excluding hydrogens is 320 g/mol. The van der Waals surface area contributed by atoms with Crippen molar-refractivity contribution in [2.45, 2.75) is 45.4 Å². The summed E-state index contributed by atoms with van der Waals surface area (Å²) in [4.78, 5) is 11.7. The van der Waals surface area contributed by atoms with Gasteiger partial charge in [0.1, 0.15) is 5.75 Å². The van der Waals surface area contributed by atoms with Crippen LogP contribution >= 0.6 is 15.9 Å². The number of nitrogens with one attached hydrogen (secondary N) is 2. The molecule has 5 heteroatoms. The lowest BCUT2D eigenvalue weighted by Crippen LogP contribution is -2.36. The lowest BCUT2D eigenvalue weighted by Gasteiger charge is -2.17. The van der Waals surface area contributed by atoms with Crippen molar-refractivity contribution >= 4 is 21.8 Å². The number of amides is 1. The van der Waals surface area contributed by atoms with Crippen LogP contribution in [0, 0.1) is 0 Å². The molecular formula is C15H21BrN2O2. The van der Waals surface area contributed by atoms with Crippen LogP contribution in [0.2, 0.25) is 0 Å². The average Bonchev–Trinajstić information content (AvgIpc) is 3.23. The molecule has 1 saturated carbocycles. The van der Waals surface area contributed by atoms with Crippen molar-refractivity contribution in [1.29, 1.82) is 0 Å². The Hall–Kier alpha value is -1.07. The minimum atomic E-state index is -0.490. The molecule has 1 unspecified atom stereocenters. The molecule has 0 saturated heterocycles. The Morgan fingerprint density at radius 1 is 1.50 bits per heavy atom. The zero-order valence-corrected chi connectivity index (χ0v) is 13.5. The van der Waals surface area contributed by atoms with Gasteiger partial charge in [0.15, 0.2) is 6.10 Å². The first-order valence-electron chi connectivity index (χ1n) is 7.06. The predicted octanol–water partition coefficient (Wildman–Crippen LogP) is 2.60. The Bertz CT molecular complexity index is 475. The highest BCUT2D eigenvalue weighted by molar-refractivity contribution is 9.10. The largest absolute Gasteiger partial charge is 0.481 e. The zero-order valence-electron chi connectivity index (χ0n) is 11.9. The normalized spacial score (nSPS) is 15.8. The number of benzene rings is 1. The number of likely N-dealkylation sites (N-methyl/N-ethyl adjacent to an activating group) is 1. The third kappa shape index (κ3) is 4.49. The molecule has 0 heterocycles. The fraction of sp³-hybridized carbons (Fsp3) is 0.533. The molecule has 0 aromatic heterocycles. The highest BCUT2D eigenvalue weighted by Crippen LogP contribution is 2.26. The molecule has 0 radical (unpaired) electrons. The highest BCUT2D eigenvalue weighted by Gasteiger charge is 2.21. The predicted molar refractivity (Wildman–Crippen MR) is 82.8 cm³/mol. The van der Waals surface area contributed by atoms with Gasteiger partial charge in [-0.2, -0.15) is 0 Å². The van der Waals surface area contributed by atoms with Crippen molar-refractivity contribution in [3.8, 4) is 5.75 Å². The number of carbonyl (C=O) groups is 1. The van der Waals surface area contributed by atoms with Gasteiger partial charge >= 0.3 is 0 Å². The van der Waals surface area contributed by atoms with Crippen LogP contribution < -0.4 is 15.4 Å². The van der Waals surface area contributed by atoms with Gasteiger partial charge in [-0.15, -0.1) is 0 Å². The van der Waals surface area contributed by atoms with Crippen molar-refractivity contribution in [2.75, 3.05) is 6.54 Å². The van der Waals surface area contributed by atoms with Gasteiger partial charge in [-0.1, -0.05) is 15.9 Å². The van der Waals surface area contributed by atoms with E-state index in [1.807, 2.05) is 25.1 Å². The van der Waals surface area contributed by atoms with Crippen LogP contribution in [0.3, 0.4) is 0 Å². The molecule has 1 amide bonds. The van der Waals surface area contributed by atoms with Crippen molar-refractivity contribution in [3.63, 3.8) is 0 Å². The second kappa shape index (κ2) is 7.09. The van der Waals surface area contributed by atoms with E-state index in [4.69, 9.17) is 4.74 Å². The lowest BCUT2D eigenvalue weighted by molar-refractivity contribution is -0.127. The van der Waals surface area contributed by atoms with E-state index in [-0.39, 0.29) is 5.91 Å². The Balaban J connectivity index is 2.02. The summed E-state index contributed by atoms with van der Waals surface area (Å²) in [6.07, 6.45) is 2.01. The molecule has 1 atom stereocenters. The summed E-state index contributed by atoms with van der Waals surface area (Å²) in [5.41, 5.74) is 1.07. The van der Waals surface area contributed by atoms with E-state index in [1.54, 1.807) is 6.92 Å². The maximum absolute atomic E-state index is 11.7.